The maximum absolute atomic E-state index is 13.3. The first-order valence-electron chi connectivity index (χ1n) is 10.3. The molecule has 1 aliphatic rings. The zero-order chi connectivity index (χ0) is 23.4. The van der Waals surface area contributed by atoms with Gasteiger partial charge in [-0.05, 0) is 60.3 Å². The summed E-state index contributed by atoms with van der Waals surface area (Å²) in [4.78, 5) is 28.5. The van der Waals surface area contributed by atoms with Gasteiger partial charge in [0.15, 0.2) is 0 Å². The Hall–Kier alpha value is -3.78. The molecule has 1 aliphatic heterocycles. The highest BCUT2D eigenvalue weighted by molar-refractivity contribution is 7.11. The van der Waals surface area contributed by atoms with Crippen LogP contribution in [0.15, 0.2) is 65.7 Å². The molecular weight excluding hydrogens is 440 g/mol. The van der Waals surface area contributed by atoms with Crippen molar-refractivity contribution in [1.29, 1.82) is 0 Å². The molecule has 0 saturated heterocycles. The molecule has 1 N–H and O–H groups in total. The van der Waals surface area contributed by atoms with Crippen molar-refractivity contribution in [2.75, 3.05) is 32.7 Å². The van der Waals surface area contributed by atoms with Crippen LogP contribution in [-0.4, -0.2) is 44.1 Å². The third-order valence-corrected chi connectivity index (χ3v) is 6.08. The Balaban J connectivity index is 1.56. The number of aryl methyl sites for hydroxylation is 1. The van der Waals surface area contributed by atoms with Crippen LogP contribution in [0.4, 0.5) is 5.69 Å². The fourth-order valence-corrected chi connectivity index (χ4v) is 4.29. The van der Waals surface area contributed by atoms with E-state index in [1.807, 2.05) is 42.6 Å². The SMILES string of the molecule is COc1ccc(OCCN2C(=O)C(Nc3cc(C)ccc3OC)=C(c3cccs3)C2=O)cc1. The van der Waals surface area contributed by atoms with Crippen molar-refractivity contribution in [3.05, 3.63) is 76.1 Å². The molecule has 0 unspecified atom stereocenters. The summed E-state index contributed by atoms with van der Waals surface area (Å²) in [6, 6.07) is 16.4. The van der Waals surface area contributed by atoms with Gasteiger partial charge >= 0.3 is 0 Å². The van der Waals surface area contributed by atoms with E-state index < -0.39 is 5.91 Å². The fraction of sp³-hybridized carbons (Fsp3) is 0.200. The minimum absolute atomic E-state index is 0.120. The van der Waals surface area contributed by atoms with Crippen molar-refractivity contribution in [2.45, 2.75) is 6.92 Å². The first-order chi connectivity index (χ1) is 16.0. The summed E-state index contributed by atoms with van der Waals surface area (Å²) in [5.74, 6) is 1.18. The number of thiophene rings is 1. The van der Waals surface area contributed by atoms with E-state index in [1.54, 1.807) is 38.5 Å². The van der Waals surface area contributed by atoms with E-state index in [-0.39, 0.29) is 24.8 Å². The largest absolute Gasteiger partial charge is 0.497 e. The van der Waals surface area contributed by atoms with Gasteiger partial charge in [0.05, 0.1) is 32.0 Å². The van der Waals surface area contributed by atoms with Crippen molar-refractivity contribution < 1.29 is 23.8 Å². The van der Waals surface area contributed by atoms with Gasteiger partial charge in [-0.2, -0.15) is 0 Å². The summed E-state index contributed by atoms with van der Waals surface area (Å²) in [6.45, 7) is 2.24. The van der Waals surface area contributed by atoms with E-state index >= 15 is 0 Å². The Labute approximate surface area is 196 Å². The van der Waals surface area contributed by atoms with E-state index in [9.17, 15) is 9.59 Å². The number of carbonyl (C=O) groups excluding carboxylic acids is 2. The summed E-state index contributed by atoms with van der Waals surface area (Å²) in [6.07, 6.45) is 0. The Kier molecular flexibility index (Phi) is 6.65. The van der Waals surface area contributed by atoms with Crippen LogP contribution in [0.2, 0.25) is 0 Å². The summed E-state index contributed by atoms with van der Waals surface area (Å²) >= 11 is 1.41. The average molecular weight is 465 g/mol. The van der Waals surface area contributed by atoms with Gasteiger partial charge in [0.1, 0.15) is 29.6 Å². The molecule has 33 heavy (non-hydrogen) atoms. The molecule has 7 nitrogen and oxygen atoms in total. The van der Waals surface area contributed by atoms with Crippen molar-refractivity contribution in [3.63, 3.8) is 0 Å². The predicted molar refractivity (Wildman–Crippen MR) is 128 cm³/mol. The molecule has 0 radical (unpaired) electrons. The van der Waals surface area contributed by atoms with E-state index in [1.165, 1.54) is 16.2 Å². The lowest BCUT2D eigenvalue weighted by Crippen LogP contribution is -2.36. The van der Waals surface area contributed by atoms with Crippen molar-refractivity contribution in [1.82, 2.24) is 4.90 Å². The number of hydrogen-bond donors (Lipinski definition) is 1. The standard InChI is InChI=1S/C25H24N2O5S/c1-16-6-11-20(31-3)19(15-16)26-23-22(21-5-4-14-33-21)24(28)27(25(23)29)12-13-32-18-9-7-17(30-2)8-10-18/h4-11,14-15,26H,12-13H2,1-3H3. The van der Waals surface area contributed by atoms with Crippen molar-refractivity contribution >= 4 is 34.4 Å². The second kappa shape index (κ2) is 9.79. The Morgan fingerprint density at radius 1 is 0.939 bits per heavy atom. The summed E-state index contributed by atoms with van der Waals surface area (Å²) in [5, 5.41) is 5.04. The van der Waals surface area contributed by atoms with Crippen LogP contribution in [0.25, 0.3) is 5.57 Å². The van der Waals surface area contributed by atoms with Crippen LogP contribution in [0.3, 0.4) is 0 Å². The fourth-order valence-electron chi connectivity index (χ4n) is 3.53. The Bertz CT molecular complexity index is 1190. The van der Waals surface area contributed by atoms with E-state index in [0.717, 1.165) is 16.2 Å². The summed E-state index contributed by atoms with van der Waals surface area (Å²) < 4.78 is 16.3. The highest BCUT2D eigenvalue weighted by Crippen LogP contribution is 2.35. The molecule has 2 amide bonds. The van der Waals surface area contributed by atoms with Crippen molar-refractivity contribution in [2.24, 2.45) is 0 Å². The smallest absolute Gasteiger partial charge is 0.278 e. The van der Waals surface area contributed by atoms with E-state index in [2.05, 4.69) is 5.32 Å². The van der Waals surface area contributed by atoms with Crippen LogP contribution < -0.4 is 19.5 Å². The van der Waals surface area contributed by atoms with Gasteiger partial charge < -0.3 is 19.5 Å². The zero-order valence-electron chi connectivity index (χ0n) is 18.6. The van der Waals surface area contributed by atoms with E-state index in [0.29, 0.717) is 22.8 Å². The minimum Gasteiger partial charge on any atom is -0.497 e. The van der Waals surface area contributed by atoms with Gasteiger partial charge in [-0.3, -0.25) is 14.5 Å². The molecule has 0 saturated carbocycles. The average Bonchev–Trinajstić information content (AvgIpc) is 3.42. The monoisotopic (exact) mass is 464 g/mol. The van der Waals surface area contributed by atoms with Crippen molar-refractivity contribution in [3.8, 4) is 17.2 Å². The van der Waals surface area contributed by atoms with Gasteiger partial charge in [-0.15, -0.1) is 11.3 Å². The number of benzene rings is 2. The maximum atomic E-state index is 13.3. The molecule has 2 heterocycles. The van der Waals surface area contributed by atoms with Crippen LogP contribution >= 0.6 is 11.3 Å². The van der Waals surface area contributed by atoms with Gasteiger partial charge in [-0.1, -0.05) is 12.1 Å². The number of amides is 2. The second-order valence-corrected chi connectivity index (χ2v) is 8.29. The molecule has 0 fully saturated rings. The first kappa shape index (κ1) is 22.4. The number of anilines is 1. The molecule has 4 rings (SSSR count). The van der Waals surface area contributed by atoms with Gasteiger partial charge in [0, 0.05) is 4.88 Å². The first-order valence-corrected chi connectivity index (χ1v) is 11.2. The molecule has 0 atom stereocenters. The molecule has 2 aromatic carbocycles. The van der Waals surface area contributed by atoms with Gasteiger partial charge in [0.2, 0.25) is 0 Å². The number of hydrogen-bond acceptors (Lipinski definition) is 7. The number of methoxy groups -OCH3 is 2. The molecule has 0 bridgehead atoms. The maximum Gasteiger partial charge on any atom is 0.278 e. The highest BCUT2D eigenvalue weighted by Gasteiger charge is 2.39. The molecule has 0 spiro atoms. The lowest BCUT2D eigenvalue weighted by molar-refractivity contribution is -0.137. The lowest BCUT2D eigenvalue weighted by Gasteiger charge is -2.16. The Morgan fingerprint density at radius 3 is 2.36 bits per heavy atom. The topological polar surface area (TPSA) is 77.1 Å². The lowest BCUT2D eigenvalue weighted by atomic mass is 10.1. The molecule has 8 heteroatoms. The molecule has 170 valence electrons. The van der Waals surface area contributed by atoms with Crippen LogP contribution in [0.5, 0.6) is 17.2 Å². The third-order valence-electron chi connectivity index (χ3n) is 5.19. The number of rotatable bonds is 9. The van der Waals surface area contributed by atoms with Gasteiger partial charge in [0.25, 0.3) is 11.8 Å². The predicted octanol–water partition coefficient (Wildman–Crippen LogP) is 4.34. The highest BCUT2D eigenvalue weighted by atomic mass is 32.1. The number of nitrogens with one attached hydrogen (secondary N) is 1. The van der Waals surface area contributed by atoms with E-state index in [4.69, 9.17) is 14.2 Å². The van der Waals surface area contributed by atoms with Gasteiger partial charge in [-0.25, -0.2) is 0 Å². The van der Waals surface area contributed by atoms with Crippen LogP contribution in [0.1, 0.15) is 10.4 Å². The number of ether oxygens (including phenoxy) is 3. The molecular formula is C25H24N2O5S. The third kappa shape index (κ3) is 4.70. The Morgan fingerprint density at radius 2 is 1.70 bits per heavy atom. The summed E-state index contributed by atoms with van der Waals surface area (Å²) in [7, 11) is 3.16. The minimum atomic E-state index is -0.398. The normalized spacial score (nSPS) is 13.5. The van der Waals surface area contributed by atoms with Crippen LogP contribution in [0, 0.1) is 6.92 Å². The number of imide groups is 1. The molecule has 3 aromatic rings. The molecule has 1 aromatic heterocycles. The van der Waals surface area contributed by atoms with Crippen LogP contribution in [-0.2, 0) is 9.59 Å². The number of nitrogens with zero attached hydrogens (tertiary/aromatic N) is 1. The second-order valence-electron chi connectivity index (χ2n) is 7.34. The number of carbonyl (C=O) groups is 2. The summed E-state index contributed by atoms with van der Waals surface area (Å²) in [5.41, 5.74) is 2.20. The zero-order valence-corrected chi connectivity index (χ0v) is 19.4. The molecule has 0 aliphatic carbocycles. The quantitative estimate of drug-likeness (QED) is 0.475.